The van der Waals surface area contributed by atoms with Crippen molar-refractivity contribution in [1.82, 2.24) is 0 Å². The number of ether oxygens (including phenoxy) is 1. The predicted octanol–water partition coefficient (Wildman–Crippen LogP) is 4.02. The van der Waals surface area contributed by atoms with Gasteiger partial charge in [-0.2, -0.15) is 0 Å². The highest BCUT2D eigenvalue weighted by Crippen LogP contribution is 2.42. The Morgan fingerprint density at radius 2 is 2.21 bits per heavy atom. The Kier molecular flexibility index (Phi) is 3.11. The number of nitrogens with two attached hydrogens (primary N) is 1. The molecule has 2 aromatic rings. The third-order valence-electron chi connectivity index (χ3n) is 3.66. The number of hydrogen-bond donors (Lipinski definition) is 1. The summed E-state index contributed by atoms with van der Waals surface area (Å²) in [7, 11) is 0. The van der Waals surface area contributed by atoms with Gasteiger partial charge in [0.2, 0.25) is 0 Å². The van der Waals surface area contributed by atoms with Crippen molar-refractivity contribution in [3.05, 3.63) is 41.3 Å². The molecule has 0 amide bonds. The van der Waals surface area contributed by atoms with E-state index >= 15 is 0 Å². The Morgan fingerprint density at radius 1 is 1.37 bits per heavy atom. The van der Waals surface area contributed by atoms with E-state index < -0.39 is 0 Å². The summed E-state index contributed by atoms with van der Waals surface area (Å²) in [5, 5.41) is 2.11. The third-order valence-corrected chi connectivity index (χ3v) is 4.58. The minimum absolute atomic E-state index is 0.124. The largest absolute Gasteiger partial charge is 0.488 e. The van der Waals surface area contributed by atoms with Gasteiger partial charge in [-0.25, -0.2) is 0 Å². The van der Waals surface area contributed by atoms with Crippen LogP contribution in [-0.4, -0.2) is 12.1 Å². The molecule has 0 fully saturated rings. The standard InChI is InChI=1S/C16H19NOS/c1-16(2)9-12(10-17)13-8-11(5-6-14(13)18-16)15-4-3-7-19-15/h3-8,12H,9-10,17H2,1-2H3. The van der Waals surface area contributed by atoms with E-state index in [-0.39, 0.29) is 5.60 Å². The van der Waals surface area contributed by atoms with Crippen molar-refractivity contribution in [2.75, 3.05) is 6.54 Å². The van der Waals surface area contributed by atoms with Gasteiger partial charge >= 0.3 is 0 Å². The third kappa shape index (κ3) is 2.40. The van der Waals surface area contributed by atoms with Gasteiger partial charge in [0, 0.05) is 10.8 Å². The van der Waals surface area contributed by atoms with Crippen LogP contribution in [0.3, 0.4) is 0 Å². The van der Waals surface area contributed by atoms with Gasteiger partial charge in [-0.1, -0.05) is 6.07 Å². The predicted molar refractivity (Wildman–Crippen MR) is 80.9 cm³/mol. The molecule has 0 saturated heterocycles. The summed E-state index contributed by atoms with van der Waals surface area (Å²) in [4.78, 5) is 1.29. The number of benzene rings is 1. The van der Waals surface area contributed by atoms with Crippen LogP contribution in [0, 0.1) is 0 Å². The van der Waals surface area contributed by atoms with Crippen molar-refractivity contribution in [3.8, 4) is 16.2 Å². The lowest BCUT2D eigenvalue weighted by atomic mass is 9.84. The van der Waals surface area contributed by atoms with Gasteiger partial charge in [0.1, 0.15) is 11.4 Å². The first kappa shape index (κ1) is 12.7. The van der Waals surface area contributed by atoms with Crippen molar-refractivity contribution < 1.29 is 4.74 Å². The molecule has 1 aliphatic rings. The van der Waals surface area contributed by atoms with Gasteiger partial charge in [-0.05, 0) is 67.6 Å². The number of rotatable bonds is 2. The number of thiophene rings is 1. The van der Waals surface area contributed by atoms with E-state index in [9.17, 15) is 0 Å². The Morgan fingerprint density at radius 3 is 2.89 bits per heavy atom. The molecule has 2 heterocycles. The van der Waals surface area contributed by atoms with E-state index in [0.717, 1.165) is 12.2 Å². The minimum atomic E-state index is -0.124. The van der Waals surface area contributed by atoms with Gasteiger partial charge in [0.25, 0.3) is 0 Å². The summed E-state index contributed by atoms with van der Waals surface area (Å²) < 4.78 is 6.07. The van der Waals surface area contributed by atoms with Crippen LogP contribution in [0.15, 0.2) is 35.7 Å². The molecule has 1 aliphatic heterocycles. The molecule has 2 nitrogen and oxygen atoms in total. The molecule has 3 rings (SSSR count). The maximum atomic E-state index is 6.07. The zero-order valence-electron chi connectivity index (χ0n) is 11.3. The molecule has 3 heteroatoms. The van der Waals surface area contributed by atoms with Crippen LogP contribution in [0.2, 0.25) is 0 Å². The molecule has 1 atom stereocenters. The summed E-state index contributed by atoms with van der Waals surface area (Å²) in [6, 6.07) is 10.7. The maximum Gasteiger partial charge on any atom is 0.123 e. The second kappa shape index (κ2) is 4.66. The van der Waals surface area contributed by atoms with Crippen molar-refractivity contribution in [1.29, 1.82) is 0 Å². The van der Waals surface area contributed by atoms with E-state index in [2.05, 4.69) is 49.6 Å². The van der Waals surface area contributed by atoms with Crippen LogP contribution >= 0.6 is 11.3 Å². The maximum absolute atomic E-state index is 6.07. The summed E-state index contributed by atoms with van der Waals surface area (Å²) in [6.07, 6.45) is 0.977. The second-order valence-electron chi connectivity index (χ2n) is 5.73. The van der Waals surface area contributed by atoms with Gasteiger partial charge in [-0.15, -0.1) is 11.3 Å². The quantitative estimate of drug-likeness (QED) is 0.897. The van der Waals surface area contributed by atoms with E-state index in [1.807, 2.05) is 0 Å². The van der Waals surface area contributed by atoms with E-state index in [4.69, 9.17) is 10.5 Å². The zero-order valence-corrected chi connectivity index (χ0v) is 12.2. The fourth-order valence-corrected chi connectivity index (χ4v) is 3.53. The van der Waals surface area contributed by atoms with Crippen LogP contribution in [0.25, 0.3) is 10.4 Å². The van der Waals surface area contributed by atoms with Gasteiger partial charge in [0.15, 0.2) is 0 Å². The summed E-state index contributed by atoms with van der Waals surface area (Å²) in [5.41, 5.74) is 8.35. The van der Waals surface area contributed by atoms with E-state index in [0.29, 0.717) is 12.5 Å². The first-order valence-corrected chi connectivity index (χ1v) is 7.54. The van der Waals surface area contributed by atoms with Crippen LogP contribution < -0.4 is 10.5 Å². The molecule has 0 radical (unpaired) electrons. The number of fused-ring (bicyclic) bond motifs is 1. The molecular formula is C16H19NOS. The van der Waals surface area contributed by atoms with Crippen molar-refractivity contribution in [2.45, 2.75) is 31.8 Å². The van der Waals surface area contributed by atoms with Gasteiger partial charge < -0.3 is 10.5 Å². The molecule has 19 heavy (non-hydrogen) atoms. The summed E-state index contributed by atoms with van der Waals surface area (Å²) >= 11 is 1.76. The average Bonchev–Trinajstić information content (AvgIpc) is 2.90. The molecule has 1 aromatic carbocycles. The normalized spacial score (nSPS) is 20.7. The zero-order chi connectivity index (χ0) is 13.5. The monoisotopic (exact) mass is 273 g/mol. The molecule has 0 bridgehead atoms. The van der Waals surface area contributed by atoms with Crippen LogP contribution in [-0.2, 0) is 0 Å². The summed E-state index contributed by atoms with van der Waals surface area (Å²) in [5.74, 6) is 1.38. The topological polar surface area (TPSA) is 35.2 Å². The molecule has 1 aromatic heterocycles. The van der Waals surface area contributed by atoms with E-state index in [1.54, 1.807) is 11.3 Å². The Balaban J connectivity index is 2.05. The lowest BCUT2D eigenvalue weighted by Gasteiger charge is -2.37. The Labute approximate surface area is 118 Å². The molecule has 0 spiro atoms. The highest BCUT2D eigenvalue weighted by atomic mass is 32.1. The van der Waals surface area contributed by atoms with Crippen molar-refractivity contribution in [3.63, 3.8) is 0 Å². The Bertz CT molecular complexity index is 574. The molecule has 1 unspecified atom stereocenters. The van der Waals surface area contributed by atoms with E-state index in [1.165, 1.54) is 16.0 Å². The average molecular weight is 273 g/mol. The van der Waals surface area contributed by atoms with Crippen molar-refractivity contribution in [2.24, 2.45) is 5.73 Å². The highest BCUT2D eigenvalue weighted by molar-refractivity contribution is 7.13. The van der Waals surface area contributed by atoms with Gasteiger partial charge in [-0.3, -0.25) is 0 Å². The second-order valence-corrected chi connectivity index (χ2v) is 6.68. The first-order valence-electron chi connectivity index (χ1n) is 6.66. The fourth-order valence-electron chi connectivity index (χ4n) is 2.81. The van der Waals surface area contributed by atoms with Gasteiger partial charge in [0.05, 0.1) is 0 Å². The van der Waals surface area contributed by atoms with Crippen LogP contribution in [0.5, 0.6) is 5.75 Å². The highest BCUT2D eigenvalue weighted by Gasteiger charge is 2.33. The minimum Gasteiger partial charge on any atom is -0.488 e. The molecule has 100 valence electrons. The lowest BCUT2D eigenvalue weighted by molar-refractivity contribution is 0.0731. The smallest absolute Gasteiger partial charge is 0.123 e. The Hall–Kier alpha value is -1.32. The molecular weight excluding hydrogens is 254 g/mol. The SMILES string of the molecule is CC1(C)CC(CN)c2cc(-c3cccs3)ccc2O1. The van der Waals surface area contributed by atoms with Crippen molar-refractivity contribution >= 4 is 11.3 Å². The molecule has 0 aliphatic carbocycles. The summed E-state index contributed by atoms with van der Waals surface area (Å²) in [6.45, 7) is 4.94. The first-order chi connectivity index (χ1) is 9.09. The lowest BCUT2D eigenvalue weighted by Crippen LogP contribution is -2.36. The molecule has 2 N–H and O–H groups in total. The number of hydrogen-bond acceptors (Lipinski definition) is 3. The molecule has 0 saturated carbocycles. The fraction of sp³-hybridized carbons (Fsp3) is 0.375. The van der Waals surface area contributed by atoms with Crippen LogP contribution in [0.4, 0.5) is 0 Å². The van der Waals surface area contributed by atoms with Crippen LogP contribution in [0.1, 0.15) is 31.7 Å².